The molecule has 0 fully saturated rings. The molecule has 0 unspecified atom stereocenters. The second-order valence-electron chi connectivity index (χ2n) is 1.58. The van der Waals surface area contributed by atoms with Gasteiger partial charge in [0.1, 0.15) is 0 Å². The van der Waals surface area contributed by atoms with E-state index in [-0.39, 0.29) is 0 Å². The average Bonchev–Trinajstić information content (AvgIpc) is 1.82. The van der Waals surface area contributed by atoms with E-state index in [0.717, 1.165) is 16.5 Å². The zero-order valence-corrected chi connectivity index (χ0v) is 6.90. The molecule has 0 aromatic heterocycles. The summed E-state index contributed by atoms with van der Waals surface area (Å²) in [4.78, 5) is 0. The molecule has 0 N–H and O–H groups in total. The van der Waals surface area contributed by atoms with Crippen molar-refractivity contribution >= 4 is 15.9 Å². The molecule has 0 bridgehead atoms. The molecular formula is C7H8BrN. The predicted molar refractivity (Wildman–Crippen MR) is 42.1 cm³/mol. The minimum absolute atomic E-state index is 0.747. The molecule has 0 aliphatic rings. The van der Waals surface area contributed by atoms with Crippen molar-refractivity contribution in [2.24, 2.45) is 0 Å². The number of nitrogens with zero attached hydrogens (tertiary/aromatic N) is 1. The van der Waals surface area contributed by atoms with E-state index in [9.17, 15) is 0 Å². The summed E-state index contributed by atoms with van der Waals surface area (Å²) in [6, 6.07) is 2.05. The lowest BCUT2D eigenvalue weighted by Crippen LogP contribution is -1.72. The van der Waals surface area contributed by atoms with Crippen molar-refractivity contribution in [3.05, 3.63) is 22.7 Å². The van der Waals surface area contributed by atoms with Crippen molar-refractivity contribution in [1.29, 1.82) is 5.26 Å². The summed E-state index contributed by atoms with van der Waals surface area (Å²) in [7, 11) is 0. The van der Waals surface area contributed by atoms with Crippen LogP contribution in [0.15, 0.2) is 22.7 Å². The van der Waals surface area contributed by atoms with E-state index in [0.29, 0.717) is 0 Å². The van der Waals surface area contributed by atoms with Gasteiger partial charge in [-0.15, -0.1) is 0 Å². The third-order valence-corrected chi connectivity index (χ3v) is 1.08. The molecule has 0 heterocycles. The van der Waals surface area contributed by atoms with Crippen LogP contribution in [0, 0.1) is 11.3 Å². The van der Waals surface area contributed by atoms with Gasteiger partial charge in [0.15, 0.2) is 0 Å². The van der Waals surface area contributed by atoms with Crippen molar-refractivity contribution < 1.29 is 0 Å². The minimum atomic E-state index is 0.747. The molecule has 0 radical (unpaired) electrons. The Morgan fingerprint density at radius 3 is 2.56 bits per heavy atom. The molecule has 0 saturated carbocycles. The molecule has 0 spiro atoms. The lowest BCUT2D eigenvalue weighted by Gasteiger charge is -1.87. The van der Waals surface area contributed by atoms with E-state index in [1.165, 1.54) is 0 Å². The minimum Gasteiger partial charge on any atom is -0.193 e. The van der Waals surface area contributed by atoms with Gasteiger partial charge in [0.05, 0.1) is 6.07 Å². The summed E-state index contributed by atoms with van der Waals surface area (Å²) in [6.45, 7) is 5.52. The van der Waals surface area contributed by atoms with Crippen LogP contribution in [0.1, 0.15) is 13.3 Å². The van der Waals surface area contributed by atoms with Gasteiger partial charge in [0.25, 0.3) is 0 Å². The largest absolute Gasteiger partial charge is 0.193 e. The summed E-state index contributed by atoms with van der Waals surface area (Å²) in [5.74, 6) is 0. The summed E-state index contributed by atoms with van der Waals surface area (Å²) >= 11 is 3.13. The zero-order valence-electron chi connectivity index (χ0n) is 5.32. The van der Waals surface area contributed by atoms with Crippen molar-refractivity contribution in [2.75, 3.05) is 0 Å². The molecule has 9 heavy (non-hydrogen) atoms. The van der Waals surface area contributed by atoms with E-state index in [1.54, 1.807) is 6.08 Å². The van der Waals surface area contributed by atoms with E-state index in [2.05, 4.69) is 28.6 Å². The fourth-order valence-electron chi connectivity index (χ4n) is 0.402. The third kappa shape index (κ3) is 3.99. The van der Waals surface area contributed by atoms with Crippen LogP contribution in [0.3, 0.4) is 0 Å². The number of hydrogen-bond acceptors (Lipinski definition) is 1. The molecule has 48 valence electrons. The van der Waals surface area contributed by atoms with Crippen molar-refractivity contribution in [3.63, 3.8) is 0 Å². The predicted octanol–water partition coefficient (Wildman–Crippen LogP) is 2.75. The third-order valence-electron chi connectivity index (χ3n) is 0.855. The topological polar surface area (TPSA) is 23.8 Å². The van der Waals surface area contributed by atoms with Crippen LogP contribution in [0.5, 0.6) is 0 Å². The SMILES string of the molecule is C=C(Br)/C=C(/C#N)CC. The summed E-state index contributed by atoms with van der Waals surface area (Å²) < 4.78 is 0.751. The Morgan fingerprint density at radius 1 is 1.89 bits per heavy atom. The summed E-state index contributed by atoms with van der Waals surface area (Å²) in [5, 5.41) is 8.39. The van der Waals surface area contributed by atoms with Crippen LogP contribution < -0.4 is 0 Å². The van der Waals surface area contributed by atoms with Gasteiger partial charge < -0.3 is 0 Å². The smallest absolute Gasteiger partial charge is 0.0947 e. The first-order chi connectivity index (χ1) is 4.20. The molecule has 0 aromatic rings. The van der Waals surface area contributed by atoms with Gasteiger partial charge in [0, 0.05) is 10.1 Å². The molecule has 0 amide bonds. The average molecular weight is 186 g/mol. The number of allylic oxidation sites excluding steroid dienone is 3. The fraction of sp³-hybridized carbons (Fsp3) is 0.286. The highest BCUT2D eigenvalue weighted by Crippen LogP contribution is 2.08. The maximum Gasteiger partial charge on any atom is 0.0947 e. The number of rotatable bonds is 2. The first kappa shape index (κ1) is 8.45. The van der Waals surface area contributed by atoms with Crippen LogP contribution in [0.4, 0.5) is 0 Å². The highest BCUT2D eigenvalue weighted by atomic mass is 79.9. The van der Waals surface area contributed by atoms with E-state index >= 15 is 0 Å². The molecule has 0 saturated heterocycles. The Balaban J connectivity index is 4.13. The number of hydrogen-bond donors (Lipinski definition) is 0. The Morgan fingerprint density at radius 2 is 2.44 bits per heavy atom. The Hall–Kier alpha value is -0.550. The molecular weight excluding hydrogens is 178 g/mol. The molecule has 0 rings (SSSR count). The maximum absolute atomic E-state index is 8.39. The van der Waals surface area contributed by atoms with Crippen LogP contribution >= 0.6 is 15.9 Å². The lowest BCUT2D eigenvalue weighted by molar-refractivity contribution is 1.15. The Labute approximate surface area is 63.8 Å². The van der Waals surface area contributed by atoms with Crippen LogP contribution in [-0.4, -0.2) is 0 Å². The lowest BCUT2D eigenvalue weighted by atomic mass is 10.2. The van der Waals surface area contributed by atoms with Crippen molar-refractivity contribution in [3.8, 4) is 6.07 Å². The molecule has 0 aromatic carbocycles. The van der Waals surface area contributed by atoms with Crippen LogP contribution in [-0.2, 0) is 0 Å². The van der Waals surface area contributed by atoms with Gasteiger partial charge in [-0.05, 0) is 12.5 Å². The summed E-state index contributed by atoms with van der Waals surface area (Å²) in [6.07, 6.45) is 2.49. The zero-order chi connectivity index (χ0) is 7.28. The standard InChI is InChI=1S/C7H8BrN/c1-3-7(5-9)4-6(2)8/h4H,2-3H2,1H3/b7-4+. The van der Waals surface area contributed by atoms with Crippen LogP contribution in [0.25, 0.3) is 0 Å². The highest BCUT2D eigenvalue weighted by molar-refractivity contribution is 9.11. The monoisotopic (exact) mass is 185 g/mol. The van der Waals surface area contributed by atoms with Crippen molar-refractivity contribution in [1.82, 2.24) is 0 Å². The normalized spacial score (nSPS) is 10.6. The van der Waals surface area contributed by atoms with Gasteiger partial charge in [-0.25, -0.2) is 0 Å². The fourth-order valence-corrected chi connectivity index (χ4v) is 0.679. The first-order valence-electron chi connectivity index (χ1n) is 2.65. The molecule has 0 aliphatic heterocycles. The van der Waals surface area contributed by atoms with Gasteiger partial charge in [-0.2, -0.15) is 5.26 Å². The maximum atomic E-state index is 8.39. The highest BCUT2D eigenvalue weighted by Gasteiger charge is 1.88. The van der Waals surface area contributed by atoms with Gasteiger partial charge >= 0.3 is 0 Å². The van der Waals surface area contributed by atoms with E-state index < -0.39 is 0 Å². The Bertz CT molecular complexity index is 174. The van der Waals surface area contributed by atoms with Gasteiger partial charge in [-0.3, -0.25) is 0 Å². The van der Waals surface area contributed by atoms with Gasteiger partial charge in [-0.1, -0.05) is 29.4 Å². The summed E-state index contributed by atoms with van der Waals surface area (Å²) in [5.41, 5.74) is 0.747. The van der Waals surface area contributed by atoms with Crippen LogP contribution in [0.2, 0.25) is 0 Å². The van der Waals surface area contributed by atoms with Crippen molar-refractivity contribution in [2.45, 2.75) is 13.3 Å². The number of nitriles is 1. The molecule has 0 atom stereocenters. The second kappa shape index (κ2) is 4.34. The second-order valence-corrected chi connectivity index (χ2v) is 2.60. The molecule has 1 nitrogen and oxygen atoms in total. The van der Waals surface area contributed by atoms with Gasteiger partial charge in [0.2, 0.25) is 0 Å². The number of halogens is 1. The Kier molecular flexibility index (Phi) is 4.08. The molecule has 0 aliphatic carbocycles. The molecule has 2 heteroatoms. The first-order valence-corrected chi connectivity index (χ1v) is 3.45. The van der Waals surface area contributed by atoms with E-state index in [4.69, 9.17) is 5.26 Å². The van der Waals surface area contributed by atoms with E-state index in [1.807, 2.05) is 6.92 Å². The quantitative estimate of drug-likeness (QED) is 0.480.